The standard InChI is InChI=1S/C30H24Cl3NO7S3/c1-4-18-9-8-10-19(5-2)30(18)34-23-16-25-22(15-28(23)44(33,39)40)29(20-11-6-7-12-26(20)42(31,35)36)21-14-27(43(32,37)38)17(3)13-24(21)41-25/h6-16,34H,3-5H2,1-2H3. The van der Waals surface area contributed by atoms with Gasteiger partial charge in [0.1, 0.15) is 16.4 Å². The summed E-state index contributed by atoms with van der Waals surface area (Å²) in [6.45, 7) is 7.73. The van der Waals surface area contributed by atoms with Crippen molar-refractivity contribution < 1.29 is 30.0 Å². The molecule has 14 heteroatoms. The summed E-state index contributed by atoms with van der Waals surface area (Å²) < 4.78 is 82.5. The third kappa shape index (κ3) is 6.09. The van der Waals surface area contributed by atoms with Crippen LogP contribution in [0.2, 0.25) is 0 Å². The number of para-hydroxylation sites is 1. The Morgan fingerprint density at radius 1 is 0.682 bits per heavy atom. The molecule has 0 aromatic heterocycles. The molecular formula is C30H24Cl3NO7S3. The van der Waals surface area contributed by atoms with Gasteiger partial charge in [-0.3, -0.25) is 0 Å². The van der Waals surface area contributed by atoms with E-state index in [1.54, 1.807) is 6.07 Å². The van der Waals surface area contributed by atoms with E-state index in [2.05, 4.69) is 11.9 Å². The number of aryl methyl sites for hydroxylation is 2. The van der Waals surface area contributed by atoms with Crippen LogP contribution in [0.15, 0.2) is 81.4 Å². The highest BCUT2D eigenvalue weighted by atomic mass is 35.7. The number of hydrogen-bond donors (Lipinski definition) is 1. The zero-order chi connectivity index (χ0) is 32.2. The maximum absolute atomic E-state index is 13.0. The Balaban J connectivity index is 1.93. The van der Waals surface area contributed by atoms with Crippen molar-refractivity contribution in [2.75, 3.05) is 5.32 Å². The SMILES string of the molecule is C=c1cc2c(cc1S(=O)(=O)Cl)=C(c1ccccc1S(=O)(=O)Cl)c1cc(S(=O)(=O)Cl)c(Nc3c(CC)cccc3CC)cc1O2. The molecule has 44 heavy (non-hydrogen) atoms. The first-order valence-electron chi connectivity index (χ1n) is 13.1. The van der Waals surface area contributed by atoms with Crippen LogP contribution < -0.4 is 20.5 Å². The molecule has 0 amide bonds. The minimum atomic E-state index is -4.42. The summed E-state index contributed by atoms with van der Waals surface area (Å²) in [5, 5.41) is 3.39. The van der Waals surface area contributed by atoms with Crippen LogP contribution in [0.4, 0.5) is 11.4 Å². The van der Waals surface area contributed by atoms with Gasteiger partial charge in [-0.05, 0) is 53.5 Å². The summed E-state index contributed by atoms with van der Waals surface area (Å²) in [5.41, 5.74) is 3.02. The molecule has 1 aliphatic heterocycles. The predicted molar refractivity (Wildman–Crippen MR) is 173 cm³/mol. The summed E-state index contributed by atoms with van der Waals surface area (Å²) in [5.74, 6) is 0.257. The maximum atomic E-state index is 13.0. The first kappa shape index (κ1) is 32.3. The van der Waals surface area contributed by atoms with Crippen LogP contribution >= 0.6 is 32.0 Å². The Morgan fingerprint density at radius 3 is 1.84 bits per heavy atom. The van der Waals surface area contributed by atoms with Crippen LogP contribution in [0.3, 0.4) is 0 Å². The number of nitrogens with one attached hydrogen (secondary N) is 1. The molecule has 4 aromatic carbocycles. The summed E-state index contributed by atoms with van der Waals surface area (Å²) in [6.07, 6.45) is 1.32. The topological polar surface area (TPSA) is 124 Å². The molecule has 0 bridgehead atoms. The van der Waals surface area contributed by atoms with Crippen LogP contribution in [-0.4, -0.2) is 25.3 Å². The van der Waals surface area contributed by atoms with Gasteiger partial charge < -0.3 is 10.1 Å². The fraction of sp³-hybridized carbons (Fsp3) is 0.133. The van der Waals surface area contributed by atoms with Gasteiger partial charge in [-0.15, -0.1) is 0 Å². The summed E-state index contributed by atoms with van der Waals surface area (Å²) in [6, 6.07) is 16.8. The van der Waals surface area contributed by atoms with Gasteiger partial charge in [0.25, 0.3) is 27.2 Å². The van der Waals surface area contributed by atoms with E-state index in [0.717, 1.165) is 16.8 Å². The monoisotopic (exact) mass is 711 g/mol. The number of fused-ring (bicyclic) bond motifs is 2. The van der Waals surface area contributed by atoms with Crippen molar-refractivity contribution in [1.29, 1.82) is 0 Å². The Hall–Kier alpha value is -3.06. The number of benzene rings is 4. The number of anilines is 2. The summed E-state index contributed by atoms with van der Waals surface area (Å²) in [4.78, 5) is -0.965. The van der Waals surface area contributed by atoms with Crippen LogP contribution in [0, 0.1) is 0 Å². The fourth-order valence-corrected chi connectivity index (χ4v) is 8.38. The van der Waals surface area contributed by atoms with Gasteiger partial charge in [0.2, 0.25) is 0 Å². The minimum absolute atomic E-state index is 0.0302. The predicted octanol–water partition coefficient (Wildman–Crippen LogP) is 6.10. The second-order valence-corrected chi connectivity index (χ2v) is 17.5. The van der Waals surface area contributed by atoms with Gasteiger partial charge in [0.15, 0.2) is 0 Å². The zero-order valence-electron chi connectivity index (χ0n) is 23.2. The minimum Gasteiger partial charge on any atom is -0.456 e. The lowest BCUT2D eigenvalue weighted by molar-refractivity contribution is 0.471. The molecule has 1 aliphatic rings. The molecular weight excluding hydrogens is 689 g/mol. The molecule has 1 heterocycles. The maximum Gasteiger partial charge on any atom is 0.263 e. The zero-order valence-corrected chi connectivity index (χ0v) is 27.9. The highest BCUT2D eigenvalue weighted by Crippen LogP contribution is 2.44. The summed E-state index contributed by atoms with van der Waals surface area (Å²) >= 11 is 0. The number of hydrogen-bond acceptors (Lipinski definition) is 8. The van der Waals surface area contributed by atoms with Crippen molar-refractivity contribution in [3.63, 3.8) is 0 Å². The van der Waals surface area contributed by atoms with Crippen molar-refractivity contribution in [3.8, 4) is 11.5 Å². The molecule has 0 atom stereocenters. The summed E-state index contributed by atoms with van der Waals surface area (Å²) in [7, 11) is 4.43. The van der Waals surface area contributed by atoms with E-state index in [1.807, 2.05) is 32.0 Å². The van der Waals surface area contributed by atoms with Gasteiger partial charge in [-0.2, -0.15) is 0 Å². The van der Waals surface area contributed by atoms with E-state index in [4.69, 9.17) is 36.8 Å². The Bertz CT molecular complexity index is 2280. The highest BCUT2D eigenvalue weighted by Gasteiger charge is 2.30. The number of ether oxygens (including phenoxy) is 1. The molecule has 8 nitrogen and oxygen atoms in total. The number of halogens is 3. The quantitative estimate of drug-likeness (QED) is 0.192. The van der Waals surface area contributed by atoms with E-state index in [-0.39, 0.29) is 59.0 Å². The largest absolute Gasteiger partial charge is 0.456 e. The lowest BCUT2D eigenvalue weighted by atomic mass is 9.92. The van der Waals surface area contributed by atoms with Crippen LogP contribution in [0.5, 0.6) is 11.5 Å². The molecule has 230 valence electrons. The van der Waals surface area contributed by atoms with Crippen LogP contribution in [0.1, 0.15) is 36.1 Å². The van der Waals surface area contributed by atoms with Crippen molar-refractivity contribution in [2.45, 2.75) is 41.4 Å². The smallest absolute Gasteiger partial charge is 0.263 e. The molecule has 0 radical (unpaired) electrons. The Morgan fingerprint density at radius 2 is 1.27 bits per heavy atom. The average Bonchev–Trinajstić information content (AvgIpc) is 2.93. The van der Waals surface area contributed by atoms with Gasteiger partial charge >= 0.3 is 0 Å². The second-order valence-electron chi connectivity index (χ2n) is 9.87. The van der Waals surface area contributed by atoms with Crippen molar-refractivity contribution in [1.82, 2.24) is 0 Å². The van der Waals surface area contributed by atoms with E-state index < -0.39 is 27.2 Å². The highest BCUT2D eigenvalue weighted by molar-refractivity contribution is 8.14. The molecule has 0 saturated heterocycles. The van der Waals surface area contributed by atoms with Crippen molar-refractivity contribution in [3.05, 3.63) is 99.4 Å². The first-order valence-corrected chi connectivity index (χ1v) is 20.0. The van der Waals surface area contributed by atoms with E-state index in [1.165, 1.54) is 42.5 Å². The van der Waals surface area contributed by atoms with Crippen LogP contribution in [0.25, 0.3) is 12.2 Å². The molecule has 5 rings (SSSR count). The third-order valence-corrected chi connectivity index (χ3v) is 11.4. The second kappa shape index (κ2) is 11.7. The molecule has 0 unspecified atom stereocenters. The Labute approximate surface area is 268 Å². The molecule has 1 N–H and O–H groups in total. The van der Waals surface area contributed by atoms with E-state index >= 15 is 0 Å². The fourth-order valence-electron chi connectivity index (χ4n) is 5.23. The van der Waals surface area contributed by atoms with Crippen LogP contribution in [-0.2, 0) is 40.0 Å². The van der Waals surface area contributed by atoms with Gasteiger partial charge in [0, 0.05) is 65.7 Å². The Kier molecular flexibility index (Phi) is 8.60. The molecule has 0 saturated carbocycles. The number of rotatable bonds is 8. The first-order chi connectivity index (χ1) is 20.5. The van der Waals surface area contributed by atoms with Gasteiger partial charge in [0.05, 0.1) is 15.5 Å². The van der Waals surface area contributed by atoms with Crippen molar-refractivity contribution in [2.24, 2.45) is 0 Å². The molecule has 0 aliphatic carbocycles. The van der Waals surface area contributed by atoms with Gasteiger partial charge in [-0.25, -0.2) is 25.3 Å². The molecule has 0 fully saturated rings. The lowest BCUT2D eigenvalue weighted by Crippen LogP contribution is -2.24. The van der Waals surface area contributed by atoms with Crippen molar-refractivity contribution >= 4 is 82.7 Å². The van der Waals surface area contributed by atoms with E-state index in [0.29, 0.717) is 12.8 Å². The average molecular weight is 713 g/mol. The normalized spacial score (nSPS) is 13.2. The van der Waals surface area contributed by atoms with Gasteiger partial charge in [-0.1, -0.05) is 56.8 Å². The third-order valence-electron chi connectivity index (χ3n) is 7.21. The lowest BCUT2D eigenvalue weighted by Gasteiger charge is -2.25. The molecule has 4 aromatic rings. The molecule has 0 spiro atoms. The van der Waals surface area contributed by atoms with E-state index in [9.17, 15) is 25.3 Å².